The summed E-state index contributed by atoms with van der Waals surface area (Å²) in [4.78, 5) is 15.6. The Morgan fingerprint density at radius 3 is 2.29 bits per heavy atom. The smallest absolute Gasteiger partial charge is 0.227 e. The summed E-state index contributed by atoms with van der Waals surface area (Å²) in [5, 5.41) is 14.4. The number of ether oxygens (including phenoxy) is 2. The number of rotatable bonds is 9. The number of halogens is 2. The molecule has 226 valence electrons. The summed E-state index contributed by atoms with van der Waals surface area (Å²) in [5.41, 5.74) is 2.53. The topological polar surface area (TPSA) is 86.2 Å². The van der Waals surface area contributed by atoms with Crippen molar-refractivity contribution in [2.24, 2.45) is 0 Å². The molecule has 0 aliphatic carbocycles. The molecule has 2 fully saturated rings. The fourth-order valence-electron chi connectivity index (χ4n) is 5.65. The Morgan fingerprint density at radius 1 is 0.952 bits per heavy atom. The van der Waals surface area contributed by atoms with Crippen molar-refractivity contribution in [2.45, 2.75) is 38.9 Å². The molecule has 3 heterocycles. The van der Waals surface area contributed by atoms with Crippen LogP contribution in [-0.2, 0) is 6.61 Å². The molecule has 0 radical (unpaired) electrons. The molecule has 0 unspecified atom stereocenters. The summed E-state index contributed by atoms with van der Waals surface area (Å²) in [7, 11) is 3.48. The molecule has 5 rings (SSSR count). The number of piperazine rings is 1. The van der Waals surface area contributed by atoms with Gasteiger partial charge in [0.1, 0.15) is 12.4 Å². The minimum atomic E-state index is -0.787. The summed E-state index contributed by atoms with van der Waals surface area (Å²) in [6.07, 6.45) is 4.41. The van der Waals surface area contributed by atoms with Gasteiger partial charge < -0.3 is 29.7 Å². The highest BCUT2D eigenvalue weighted by Gasteiger charge is 2.35. The number of nitrogens with zero attached hydrogens (tertiary/aromatic N) is 5. The third-order valence-corrected chi connectivity index (χ3v) is 8.27. The summed E-state index contributed by atoms with van der Waals surface area (Å²) in [6, 6.07) is 7.43. The number of benzene rings is 2. The molecule has 2 saturated heterocycles. The SMILES string of the molecule is COc1cc(C)c(F)c(COc2cnc(Nc3ccc(N4CCC(O)(CN5CCN(C)CC5)CC4)c(C)c3)nc2)c1F. The number of anilines is 3. The lowest BCUT2D eigenvalue weighted by Gasteiger charge is -2.43. The Labute approximate surface area is 246 Å². The van der Waals surface area contributed by atoms with E-state index in [0.717, 1.165) is 75.6 Å². The molecule has 2 aliphatic heterocycles. The van der Waals surface area contributed by atoms with Crippen molar-refractivity contribution in [2.75, 3.05) is 70.2 Å². The first kappa shape index (κ1) is 29.9. The van der Waals surface area contributed by atoms with Crippen molar-refractivity contribution in [3.05, 3.63) is 65.0 Å². The van der Waals surface area contributed by atoms with Gasteiger partial charge in [-0.2, -0.15) is 0 Å². The van der Waals surface area contributed by atoms with E-state index in [1.165, 1.54) is 25.6 Å². The molecule has 11 heteroatoms. The Bertz CT molecular complexity index is 1370. The van der Waals surface area contributed by atoms with E-state index in [1.807, 2.05) is 12.1 Å². The number of aromatic nitrogens is 2. The van der Waals surface area contributed by atoms with Crippen molar-refractivity contribution in [3.8, 4) is 11.5 Å². The Balaban J connectivity index is 1.15. The first-order chi connectivity index (χ1) is 20.1. The highest BCUT2D eigenvalue weighted by atomic mass is 19.1. The molecule has 2 N–H and O–H groups in total. The number of hydrogen-bond donors (Lipinski definition) is 2. The van der Waals surface area contributed by atoms with Crippen LogP contribution in [0.2, 0.25) is 0 Å². The third-order valence-electron chi connectivity index (χ3n) is 8.27. The molecule has 2 aliphatic rings. The quantitative estimate of drug-likeness (QED) is 0.384. The second kappa shape index (κ2) is 12.8. The first-order valence-electron chi connectivity index (χ1n) is 14.4. The molecule has 2 aromatic carbocycles. The van der Waals surface area contributed by atoms with Gasteiger partial charge in [0.15, 0.2) is 17.3 Å². The van der Waals surface area contributed by atoms with E-state index in [0.29, 0.717) is 5.95 Å². The standard InChI is InChI=1S/C31H40F2N6O3/c1-21-15-23(5-6-26(21)39-9-7-31(40,8-10-39)20-38-13-11-37(3)12-14-38)36-30-34-17-24(18-35-30)42-19-25-28(32)22(2)16-27(41-4)29(25)33/h5-6,15-18,40H,7-14,19-20H2,1-4H3,(H,34,35,36). The van der Waals surface area contributed by atoms with E-state index in [2.05, 4.69) is 50.0 Å². The third kappa shape index (κ3) is 6.91. The Kier molecular flexibility index (Phi) is 9.10. The van der Waals surface area contributed by atoms with E-state index in [1.54, 1.807) is 6.92 Å². The van der Waals surface area contributed by atoms with Crippen molar-refractivity contribution in [3.63, 3.8) is 0 Å². The molecule has 1 aromatic heterocycles. The highest BCUT2D eigenvalue weighted by Crippen LogP contribution is 2.31. The van der Waals surface area contributed by atoms with Crippen LogP contribution in [0.4, 0.5) is 26.1 Å². The largest absolute Gasteiger partial charge is 0.494 e. The molecule has 0 atom stereocenters. The number of methoxy groups -OCH3 is 1. The zero-order chi connectivity index (χ0) is 29.9. The van der Waals surface area contributed by atoms with Crippen molar-refractivity contribution < 1.29 is 23.4 Å². The zero-order valence-electron chi connectivity index (χ0n) is 24.8. The van der Waals surface area contributed by atoms with Crippen LogP contribution in [0.25, 0.3) is 0 Å². The van der Waals surface area contributed by atoms with Crippen LogP contribution in [-0.4, -0.2) is 90.4 Å². The molecule has 42 heavy (non-hydrogen) atoms. The lowest BCUT2D eigenvalue weighted by molar-refractivity contribution is -0.0250. The normalized spacial score (nSPS) is 17.7. The van der Waals surface area contributed by atoms with Gasteiger partial charge in [-0.3, -0.25) is 4.90 Å². The fraction of sp³-hybridized carbons (Fsp3) is 0.484. The van der Waals surface area contributed by atoms with Gasteiger partial charge in [-0.05, 0) is 69.1 Å². The highest BCUT2D eigenvalue weighted by molar-refractivity contribution is 5.63. The second-order valence-corrected chi connectivity index (χ2v) is 11.5. The maximum absolute atomic E-state index is 14.5. The maximum Gasteiger partial charge on any atom is 0.227 e. The number of aliphatic hydroxyl groups is 1. The maximum atomic E-state index is 14.5. The second-order valence-electron chi connectivity index (χ2n) is 11.5. The van der Waals surface area contributed by atoms with Gasteiger partial charge in [-0.1, -0.05) is 0 Å². The van der Waals surface area contributed by atoms with Gasteiger partial charge in [0.2, 0.25) is 5.95 Å². The number of piperidine rings is 1. The minimum absolute atomic E-state index is 0.0346. The molecular formula is C31H40F2N6O3. The number of aryl methyl sites for hydroxylation is 2. The van der Waals surface area contributed by atoms with Crippen molar-refractivity contribution in [1.29, 1.82) is 0 Å². The van der Waals surface area contributed by atoms with Gasteiger partial charge in [-0.15, -0.1) is 0 Å². The monoisotopic (exact) mass is 582 g/mol. The van der Waals surface area contributed by atoms with E-state index >= 15 is 0 Å². The summed E-state index contributed by atoms with van der Waals surface area (Å²) < 4.78 is 39.5. The minimum Gasteiger partial charge on any atom is -0.494 e. The van der Waals surface area contributed by atoms with E-state index in [4.69, 9.17) is 9.47 Å². The van der Waals surface area contributed by atoms with Gasteiger partial charge in [0.05, 0.1) is 30.7 Å². The summed E-state index contributed by atoms with van der Waals surface area (Å²) >= 11 is 0. The van der Waals surface area contributed by atoms with Gasteiger partial charge in [0.25, 0.3) is 0 Å². The number of likely N-dealkylation sites (N-methyl/N-ethyl adjacent to an activating group) is 1. The first-order valence-corrected chi connectivity index (χ1v) is 14.4. The van der Waals surface area contributed by atoms with Crippen LogP contribution < -0.4 is 19.7 Å². The van der Waals surface area contributed by atoms with Gasteiger partial charge in [-0.25, -0.2) is 18.7 Å². The lowest BCUT2D eigenvalue weighted by Crippen LogP contribution is -2.54. The molecule has 0 bridgehead atoms. The van der Waals surface area contributed by atoms with Crippen LogP contribution in [0.15, 0.2) is 36.7 Å². The zero-order valence-corrected chi connectivity index (χ0v) is 24.8. The van der Waals surface area contributed by atoms with Crippen molar-refractivity contribution in [1.82, 2.24) is 19.8 Å². The van der Waals surface area contributed by atoms with Crippen molar-refractivity contribution >= 4 is 17.3 Å². The predicted octanol–water partition coefficient (Wildman–Crippen LogP) is 4.28. The molecule has 0 saturated carbocycles. The van der Waals surface area contributed by atoms with E-state index in [9.17, 15) is 13.9 Å². The molecule has 3 aromatic rings. The Morgan fingerprint density at radius 2 is 1.64 bits per heavy atom. The average molecular weight is 583 g/mol. The van der Waals surface area contributed by atoms with Crippen LogP contribution in [0, 0.1) is 25.5 Å². The number of β-amino-alcohol motifs (C(OH)–C–C–N with tert-alkyl or cyclic N) is 1. The predicted molar refractivity (Wildman–Crippen MR) is 159 cm³/mol. The molecule has 9 nitrogen and oxygen atoms in total. The average Bonchev–Trinajstić information content (AvgIpc) is 2.98. The lowest BCUT2D eigenvalue weighted by atomic mass is 9.90. The van der Waals surface area contributed by atoms with E-state index < -0.39 is 17.2 Å². The number of nitrogens with one attached hydrogen (secondary N) is 1. The summed E-state index contributed by atoms with van der Waals surface area (Å²) in [6.45, 7) is 9.79. The number of hydrogen-bond acceptors (Lipinski definition) is 9. The van der Waals surface area contributed by atoms with Gasteiger partial charge >= 0.3 is 0 Å². The van der Waals surface area contributed by atoms with Crippen LogP contribution >= 0.6 is 0 Å². The van der Waals surface area contributed by atoms with Crippen LogP contribution in [0.3, 0.4) is 0 Å². The van der Waals surface area contributed by atoms with Crippen LogP contribution in [0.5, 0.6) is 11.5 Å². The van der Waals surface area contributed by atoms with E-state index in [-0.39, 0.29) is 29.2 Å². The fourth-order valence-corrected chi connectivity index (χ4v) is 5.65. The molecular weight excluding hydrogens is 542 g/mol. The van der Waals surface area contributed by atoms with Crippen LogP contribution in [0.1, 0.15) is 29.5 Å². The molecule has 0 amide bonds. The summed E-state index contributed by atoms with van der Waals surface area (Å²) in [5.74, 6) is -0.839. The Hall–Kier alpha value is -3.54. The van der Waals surface area contributed by atoms with Gasteiger partial charge in [0, 0.05) is 57.2 Å². The molecule has 0 spiro atoms.